The van der Waals surface area contributed by atoms with Crippen molar-refractivity contribution < 1.29 is 4.79 Å². The average Bonchev–Trinajstić information content (AvgIpc) is 2.83. The third kappa shape index (κ3) is 2.25. The number of anilines is 1. The molecule has 1 amide bonds. The van der Waals surface area contributed by atoms with Crippen molar-refractivity contribution in [1.29, 1.82) is 0 Å². The summed E-state index contributed by atoms with van der Waals surface area (Å²) in [5.41, 5.74) is 1.90. The van der Waals surface area contributed by atoms with Crippen molar-refractivity contribution in [3.8, 4) is 0 Å². The Labute approximate surface area is 110 Å². The molecule has 3 rings (SSSR count). The molecule has 94 valence electrons. The summed E-state index contributed by atoms with van der Waals surface area (Å²) in [6, 6.07) is 5.90. The van der Waals surface area contributed by atoms with Gasteiger partial charge in [-0.3, -0.25) is 4.79 Å². The number of nitrogens with one attached hydrogen (secondary N) is 1. The maximum Gasteiger partial charge on any atom is 0.211 e. The van der Waals surface area contributed by atoms with Gasteiger partial charge < -0.3 is 5.32 Å². The monoisotopic (exact) mass is 260 g/mol. The molecule has 0 saturated heterocycles. The molecule has 0 spiro atoms. The molecule has 1 aliphatic rings. The lowest BCUT2D eigenvalue weighted by molar-refractivity contribution is -0.105. The van der Waals surface area contributed by atoms with Crippen LogP contribution in [0.1, 0.15) is 43.0 Å². The number of thiazole rings is 1. The van der Waals surface area contributed by atoms with E-state index in [1.807, 2.05) is 18.2 Å². The number of aromatic nitrogens is 1. The molecule has 0 atom stereocenters. The number of amides is 1. The smallest absolute Gasteiger partial charge is 0.211 e. The maximum atomic E-state index is 10.4. The minimum atomic E-state index is 0.652. The molecule has 1 aliphatic carbocycles. The van der Waals surface area contributed by atoms with Crippen molar-refractivity contribution in [2.75, 3.05) is 5.32 Å². The van der Waals surface area contributed by atoms with Gasteiger partial charge in [0.05, 0.1) is 15.2 Å². The van der Waals surface area contributed by atoms with Gasteiger partial charge in [0, 0.05) is 11.6 Å². The van der Waals surface area contributed by atoms with Crippen molar-refractivity contribution in [2.24, 2.45) is 0 Å². The average molecular weight is 260 g/mol. The zero-order chi connectivity index (χ0) is 12.4. The Morgan fingerprint density at radius 1 is 1.28 bits per heavy atom. The molecule has 18 heavy (non-hydrogen) atoms. The van der Waals surface area contributed by atoms with Crippen molar-refractivity contribution >= 4 is 33.7 Å². The second-order valence-electron chi connectivity index (χ2n) is 4.83. The number of nitrogens with zero attached hydrogens (tertiary/aromatic N) is 1. The minimum absolute atomic E-state index is 0.652. The first kappa shape index (κ1) is 11.7. The van der Waals surface area contributed by atoms with Gasteiger partial charge in [-0.25, -0.2) is 4.98 Å². The Morgan fingerprint density at radius 3 is 2.89 bits per heavy atom. The topological polar surface area (TPSA) is 42.0 Å². The van der Waals surface area contributed by atoms with Crippen LogP contribution in [0.2, 0.25) is 0 Å². The summed E-state index contributed by atoms with van der Waals surface area (Å²) in [7, 11) is 0. The van der Waals surface area contributed by atoms with E-state index < -0.39 is 0 Å². The SMILES string of the molecule is O=CNc1ccc2nc(C3CCCCC3)sc2c1. The molecule has 1 saturated carbocycles. The highest BCUT2D eigenvalue weighted by Gasteiger charge is 2.19. The predicted molar refractivity (Wildman–Crippen MR) is 75.1 cm³/mol. The number of rotatable bonds is 3. The number of hydrogen-bond acceptors (Lipinski definition) is 3. The molecule has 1 aromatic heterocycles. The summed E-state index contributed by atoms with van der Waals surface area (Å²) in [6.45, 7) is 0. The first-order valence-electron chi connectivity index (χ1n) is 6.47. The zero-order valence-electron chi connectivity index (χ0n) is 10.2. The molecule has 0 radical (unpaired) electrons. The Balaban J connectivity index is 1.92. The van der Waals surface area contributed by atoms with Gasteiger partial charge in [0.2, 0.25) is 6.41 Å². The van der Waals surface area contributed by atoms with E-state index in [2.05, 4.69) is 5.32 Å². The van der Waals surface area contributed by atoms with E-state index in [0.717, 1.165) is 11.2 Å². The molecule has 1 heterocycles. The number of carbonyl (C=O) groups is 1. The van der Waals surface area contributed by atoms with Crippen LogP contribution in [0.25, 0.3) is 10.2 Å². The highest BCUT2D eigenvalue weighted by molar-refractivity contribution is 7.18. The van der Waals surface area contributed by atoms with Crippen LogP contribution in [0, 0.1) is 0 Å². The Morgan fingerprint density at radius 2 is 2.11 bits per heavy atom. The van der Waals surface area contributed by atoms with Crippen LogP contribution in [0.5, 0.6) is 0 Å². The molecule has 2 aromatic rings. The summed E-state index contributed by atoms with van der Waals surface area (Å²) in [4.78, 5) is 15.2. The third-order valence-electron chi connectivity index (χ3n) is 3.58. The van der Waals surface area contributed by atoms with Crippen molar-refractivity contribution in [3.05, 3.63) is 23.2 Å². The molecule has 1 aromatic carbocycles. The zero-order valence-corrected chi connectivity index (χ0v) is 11.0. The van der Waals surface area contributed by atoms with E-state index in [-0.39, 0.29) is 0 Å². The molecule has 1 fully saturated rings. The van der Waals surface area contributed by atoms with Gasteiger partial charge in [-0.15, -0.1) is 11.3 Å². The lowest BCUT2D eigenvalue weighted by Crippen LogP contribution is -2.03. The Hall–Kier alpha value is -1.42. The first-order valence-corrected chi connectivity index (χ1v) is 7.29. The molecule has 3 nitrogen and oxygen atoms in total. The van der Waals surface area contributed by atoms with Crippen LogP contribution in [0.3, 0.4) is 0 Å². The van der Waals surface area contributed by atoms with Crippen LogP contribution >= 0.6 is 11.3 Å². The fraction of sp³-hybridized carbons (Fsp3) is 0.429. The molecule has 0 bridgehead atoms. The normalized spacial score (nSPS) is 16.9. The van der Waals surface area contributed by atoms with Crippen LogP contribution in [0.15, 0.2) is 18.2 Å². The van der Waals surface area contributed by atoms with Crippen molar-refractivity contribution in [1.82, 2.24) is 4.98 Å². The molecule has 0 aliphatic heterocycles. The second-order valence-corrected chi connectivity index (χ2v) is 5.89. The minimum Gasteiger partial charge on any atom is -0.329 e. The van der Waals surface area contributed by atoms with Crippen LogP contribution < -0.4 is 5.32 Å². The number of benzene rings is 1. The molecule has 4 heteroatoms. The summed E-state index contributed by atoms with van der Waals surface area (Å²) in [5, 5.41) is 3.96. The lowest BCUT2D eigenvalue weighted by Gasteiger charge is -2.18. The maximum absolute atomic E-state index is 10.4. The molecular weight excluding hydrogens is 244 g/mol. The van der Waals surface area contributed by atoms with Gasteiger partial charge in [-0.05, 0) is 31.0 Å². The number of hydrogen-bond donors (Lipinski definition) is 1. The highest BCUT2D eigenvalue weighted by atomic mass is 32.1. The quantitative estimate of drug-likeness (QED) is 0.850. The largest absolute Gasteiger partial charge is 0.329 e. The molecule has 0 unspecified atom stereocenters. The van der Waals surface area contributed by atoms with Crippen LogP contribution in [-0.2, 0) is 4.79 Å². The van der Waals surface area contributed by atoms with Gasteiger partial charge >= 0.3 is 0 Å². The summed E-state index contributed by atoms with van der Waals surface area (Å²) in [5.74, 6) is 0.652. The first-order chi connectivity index (χ1) is 8.86. The fourth-order valence-corrected chi connectivity index (χ4v) is 3.80. The van der Waals surface area contributed by atoms with E-state index in [4.69, 9.17) is 4.98 Å². The van der Waals surface area contributed by atoms with Crippen molar-refractivity contribution in [2.45, 2.75) is 38.0 Å². The van der Waals surface area contributed by atoms with E-state index in [0.29, 0.717) is 12.3 Å². The molecular formula is C14H16N2OS. The molecule has 1 N–H and O–H groups in total. The summed E-state index contributed by atoms with van der Waals surface area (Å²) >= 11 is 1.78. The summed E-state index contributed by atoms with van der Waals surface area (Å²) < 4.78 is 1.17. The predicted octanol–water partition coefficient (Wildman–Crippen LogP) is 3.91. The fourth-order valence-electron chi connectivity index (χ4n) is 2.62. The van der Waals surface area contributed by atoms with Gasteiger partial charge in [-0.1, -0.05) is 19.3 Å². The van der Waals surface area contributed by atoms with Gasteiger partial charge in [0.1, 0.15) is 0 Å². The van der Waals surface area contributed by atoms with Crippen LogP contribution in [0.4, 0.5) is 5.69 Å². The van der Waals surface area contributed by atoms with E-state index >= 15 is 0 Å². The van der Waals surface area contributed by atoms with Gasteiger partial charge in [-0.2, -0.15) is 0 Å². The van der Waals surface area contributed by atoms with E-state index in [9.17, 15) is 4.79 Å². The third-order valence-corrected chi connectivity index (χ3v) is 4.77. The second kappa shape index (κ2) is 5.06. The Kier molecular flexibility index (Phi) is 3.28. The van der Waals surface area contributed by atoms with Gasteiger partial charge in [0.25, 0.3) is 0 Å². The van der Waals surface area contributed by atoms with Gasteiger partial charge in [0.15, 0.2) is 0 Å². The number of carbonyl (C=O) groups excluding carboxylic acids is 1. The van der Waals surface area contributed by atoms with E-state index in [1.54, 1.807) is 11.3 Å². The van der Waals surface area contributed by atoms with Crippen molar-refractivity contribution in [3.63, 3.8) is 0 Å². The standard InChI is InChI=1S/C14H16N2OS/c17-9-15-11-6-7-12-13(8-11)18-14(16-12)10-4-2-1-3-5-10/h6-10H,1-5H2,(H,15,17). The summed E-state index contributed by atoms with van der Waals surface area (Å²) in [6.07, 6.45) is 7.30. The van der Waals surface area contributed by atoms with E-state index in [1.165, 1.54) is 41.8 Å². The lowest BCUT2D eigenvalue weighted by atomic mass is 9.90. The number of fused-ring (bicyclic) bond motifs is 1. The van der Waals surface area contributed by atoms with Crippen LogP contribution in [-0.4, -0.2) is 11.4 Å². The highest BCUT2D eigenvalue weighted by Crippen LogP contribution is 2.37. The Bertz CT molecular complexity index is 558.